The summed E-state index contributed by atoms with van der Waals surface area (Å²) < 4.78 is 39.2. The second kappa shape index (κ2) is 32.2. The van der Waals surface area contributed by atoms with Gasteiger partial charge in [-0.1, -0.05) is 113 Å². The number of aliphatic hydroxyl groups is 5. The van der Waals surface area contributed by atoms with Crippen molar-refractivity contribution in [2.45, 2.75) is 197 Å². The summed E-state index contributed by atoms with van der Waals surface area (Å²) >= 11 is 0. The average molecular weight is 871 g/mol. The number of rotatable bonds is 34. The van der Waals surface area contributed by atoms with E-state index in [1.807, 2.05) is 12.2 Å². The molecule has 2 rings (SSSR count). The van der Waals surface area contributed by atoms with Gasteiger partial charge in [-0.15, -0.1) is 0 Å². The molecule has 2 fully saturated rings. The molecular weight excluding hydrogens is 795 g/mol. The van der Waals surface area contributed by atoms with Gasteiger partial charge in [0.05, 0.1) is 18.8 Å². The van der Waals surface area contributed by atoms with Crippen molar-refractivity contribution in [3.05, 3.63) is 60.8 Å². The van der Waals surface area contributed by atoms with Gasteiger partial charge in [0.2, 0.25) is 0 Å². The summed E-state index contributed by atoms with van der Waals surface area (Å²) in [5, 5.41) is 50.1. The van der Waals surface area contributed by atoms with E-state index in [-0.39, 0.29) is 25.0 Å². The number of ether oxygens (including phenoxy) is 3. The first-order valence-electron chi connectivity index (χ1n) is 22.2. The highest BCUT2D eigenvalue weighted by molar-refractivity contribution is 7.47. The van der Waals surface area contributed by atoms with E-state index in [4.69, 9.17) is 23.3 Å². The molecule has 1 saturated heterocycles. The molecule has 1 saturated carbocycles. The summed E-state index contributed by atoms with van der Waals surface area (Å²) in [5.41, 5.74) is 0. The van der Waals surface area contributed by atoms with Crippen LogP contribution in [0.2, 0.25) is 0 Å². The molecule has 2 aliphatic rings. The van der Waals surface area contributed by atoms with Gasteiger partial charge in [-0.2, -0.15) is 0 Å². The Labute approximate surface area is 358 Å². The second-order valence-electron chi connectivity index (χ2n) is 15.6. The predicted octanol–water partition coefficient (Wildman–Crippen LogP) is 7.15. The fourth-order valence-electron chi connectivity index (χ4n) is 6.47. The number of allylic oxidation sites excluding steroid dienone is 8. The lowest BCUT2D eigenvalue weighted by Crippen LogP contribution is -2.64. The predicted molar refractivity (Wildman–Crippen MR) is 230 cm³/mol. The third kappa shape index (κ3) is 24.2. The van der Waals surface area contributed by atoms with Gasteiger partial charge >= 0.3 is 19.8 Å². The number of hydrogen-bond acceptors (Lipinski definition) is 13. The number of hydrogen-bond donors (Lipinski definition) is 6. The first-order valence-corrected chi connectivity index (χ1v) is 23.7. The number of unbranched alkanes of at least 4 members (excludes halogenated alkanes) is 10. The maximum absolute atomic E-state index is 12.8. The second-order valence-corrected chi connectivity index (χ2v) is 17.0. The number of aliphatic hydroxyl groups excluding tert-OH is 5. The standard InChI is InChI=1S/C45H75O14P/c1-3-5-7-9-11-13-14-15-16-18-20-22-28-32-39(47)57-35(34-56-60(53,54)59-45-43(51)41(49)40(48)42(50)44(45)52)33-55-38(46)31-27-24-23-26-30-37-36(58-37)29-25-21-19-17-12-10-8-6-4-2/h7,9,12-14,17,21,23,25-26,35-37,40-45,48-52H,3-6,8,10-11,15-16,18-20,22,24,27-34H2,1-2H3,(H,53,54)/b9-7-,14-13-,17-12-,25-21-,26-23-/t35-,36?,37?,40?,41-,42+,43-,44-,45?/m1/s1. The molecule has 344 valence electrons. The molecule has 5 unspecified atom stereocenters. The largest absolute Gasteiger partial charge is 0.472 e. The molecule has 0 aromatic carbocycles. The van der Waals surface area contributed by atoms with Crippen LogP contribution in [0.25, 0.3) is 0 Å². The van der Waals surface area contributed by atoms with Crippen molar-refractivity contribution in [3.8, 4) is 0 Å². The molecule has 1 aliphatic heterocycles. The van der Waals surface area contributed by atoms with Gasteiger partial charge in [0.15, 0.2) is 6.10 Å². The van der Waals surface area contributed by atoms with E-state index < -0.39 is 75.7 Å². The number of carbonyl (C=O) groups is 2. The lowest BCUT2D eigenvalue weighted by molar-refractivity contribution is -0.220. The highest BCUT2D eigenvalue weighted by Crippen LogP contribution is 2.47. The molecular formula is C45H75O14P. The fraction of sp³-hybridized carbons (Fsp3) is 0.733. The van der Waals surface area contributed by atoms with Crippen molar-refractivity contribution < 1.29 is 67.8 Å². The van der Waals surface area contributed by atoms with Crippen LogP contribution in [0.1, 0.15) is 142 Å². The zero-order valence-corrected chi connectivity index (χ0v) is 36.8. The van der Waals surface area contributed by atoms with Crippen molar-refractivity contribution in [2.75, 3.05) is 13.2 Å². The summed E-state index contributed by atoms with van der Waals surface area (Å²) in [5.74, 6) is -1.20. The van der Waals surface area contributed by atoms with Crippen LogP contribution in [0, 0.1) is 0 Å². The van der Waals surface area contributed by atoms with Gasteiger partial charge in [-0.25, -0.2) is 4.57 Å². The van der Waals surface area contributed by atoms with Crippen LogP contribution in [-0.4, -0.2) is 111 Å². The first kappa shape index (κ1) is 53.6. The van der Waals surface area contributed by atoms with Crippen molar-refractivity contribution in [3.63, 3.8) is 0 Å². The molecule has 60 heavy (non-hydrogen) atoms. The minimum Gasteiger partial charge on any atom is -0.462 e. The maximum atomic E-state index is 12.8. The Morgan fingerprint density at radius 1 is 0.583 bits per heavy atom. The van der Waals surface area contributed by atoms with Crippen molar-refractivity contribution in [1.29, 1.82) is 0 Å². The number of carbonyl (C=O) groups excluding carboxylic acids is 2. The third-order valence-corrected chi connectivity index (χ3v) is 11.2. The molecule has 15 heteroatoms. The Hall–Kier alpha value is -2.49. The molecule has 0 aromatic heterocycles. The molecule has 0 spiro atoms. The molecule has 6 N–H and O–H groups in total. The van der Waals surface area contributed by atoms with Crippen molar-refractivity contribution in [2.24, 2.45) is 0 Å². The van der Waals surface area contributed by atoms with Gasteiger partial charge in [0, 0.05) is 12.8 Å². The van der Waals surface area contributed by atoms with Crippen LogP contribution < -0.4 is 0 Å². The van der Waals surface area contributed by atoms with E-state index >= 15 is 0 Å². The minimum absolute atomic E-state index is 0.0623. The van der Waals surface area contributed by atoms with E-state index in [2.05, 4.69) is 62.5 Å². The molecule has 0 amide bonds. The lowest BCUT2D eigenvalue weighted by atomic mass is 9.85. The van der Waals surface area contributed by atoms with E-state index in [1.54, 1.807) is 0 Å². The van der Waals surface area contributed by atoms with Gasteiger partial charge in [0.25, 0.3) is 0 Å². The molecule has 10 atom stereocenters. The summed E-state index contributed by atoms with van der Waals surface area (Å²) in [7, 11) is -5.14. The smallest absolute Gasteiger partial charge is 0.462 e. The molecule has 1 aliphatic carbocycles. The first-order chi connectivity index (χ1) is 28.9. The van der Waals surface area contributed by atoms with Gasteiger partial charge in [0.1, 0.15) is 43.2 Å². The molecule has 0 radical (unpaired) electrons. The van der Waals surface area contributed by atoms with Crippen molar-refractivity contribution >= 4 is 19.8 Å². The van der Waals surface area contributed by atoms with Crippen LogP contribution in [0.4, 0.5) is 0 Å². The molecule has 0 aromatic rings. The summed E-state index contributed by atoms with van der Waals surface area (Å²) in [6.07, 6.45) is 25.9. The van der Waals surface area contributed by atoms with Crippen molar-refractivity contribution in [1.82, 2.24) is 0 Å². The molecule has 0 bridgehead atoms. The Bertz CT molecular complexity index is 1350. The van der Waals surface area contributed by atoms with Crippen LogP contribution >= 0.6 is 7.82 Å². The average Bonchev–Trinajstić information content (AvgIpc) is 3.99. The normalized spacial score (nSPS) is 26.1. The van der Waals surface area contributed by atoms with Crippen LogP contribution in [0.15, 0.2) is 60.8 Å². The quantitative estimate of drug-likeness (QED) is 0.0124. The SMILES string of the molecule is CCC/C=C\C/C=C\CCCCCCCC(=O)O[C@H](COC(=O)CCC/C=C\CC1OC1C/C=C\C/C=C\CCCCC)COP(=O)(O)OC1[C@H](O)[C@H](O)C(O)[C@H](O)[C@H]1O. The highest BCUT2D eigenvalue weighted by atomic mass is 31.2. The number of esters is 2. The number of phosphoric acid groups is 1. The van der Waals surface area contributed by atoms with Gasteiger partial charge in [-0.05, 0) is 77.0 Å². The van der Waals surface area contributed by atoms with Crippen LogP contribution in [-0.2, 0) is 37.4 Å². The zero-order valence-electron chi connectivity index (χ0n) is 35.9. The molecule has 14 nitrogen and oxygen atoms in total. The lowest BCUT2D eigenvalue weighted by Gasteiger charge is -2.41. The fourth-order valence-corrected chi connectivity index (χ4v) is 7.45. The van der Waals surface area contributed by atoms with Gasteiger partial charge in [-0.3, -0.25) is 18.6 Å². The third-order valence-electron chi connectivity index (χ3n) is 10.2. The Morgan fingerprint density at radius 2 is 1.08 bits per heavy atom. The maximum Gasteiger partial charge on any atom is 0.472 e. The van der Waals surface area contributed by atoms with Crippen LogP contribution in [0.5, 0.6) is 0 Å². The Kier molecular flexibility index (Phi) is 28.8. The summed E-state index contributed by atoms with van der Waals surface area (Å²) in [6, 6.07) is 0. The Balaban J connectivity index is 1.76. The number of phosphoric ester groups is 1. The van der Waals surface area contributed by atoms with E-state index in [1.165, 1.54) is 19.3 Å². The highest BCUT2D eigenvalue weighted by Gasteiger charge is 2.51. The summed E-state index contributed by atoms with van der Waals surface area (Å²) in [4.78, 5) is 35.7. The zero-order chi connectivity index (χ0) is 44.0. The Morgan fingerprint density at radius 3 is 1.72 bits per heavy atom. The topological polar surface area (TPSA) is 222 Å². The van der Waals surface area contributed by atoms with E-state index in [9.17, 15) is 44.6 Å². The number of epoxide rings is 1. The monoisotopic (exact) mass is 870 g/mol. The van der Waals surface area contributed by atoms with Gasteiger partial charge < -0.3 is 44.6 Å². The van der Waals surface area contributed by atoms with E-state index in [0.717, 1.165) is 77.0 Å². The molecule has 1 heterocycles. The minimum atomic E-state index is -5.14. The summed E-state index contributed by atoms with van der Waals surface area (Å²) in [6.45, 7) is 3.11. The van der Waals surface area contributed by atoms with E-state index in [0.29, 0.717) is 19.3 Å². The van der Waals surface area contributed by atoms with Crippen LogP contribution in [0.3, 0.4) is 0 Å².